The molecule has 88 valence electrons. The smallest absolute Gasteiger partial charge is 0.137 e. The lowest BCUT2D eigenvalue weighted by atomic mass is 9.97. The molecule has 16 heavy (non-hydrogen) atoms. The lowest BCUT2D eigenvalue weighted by molar-refractivity contribution is 0.592. The molecular formula is C13H17BrFN. The predicted molar refractivity (Wildman–Crippen MR) is 68.0 cm³/mol. The molecule has 1 aromatic rings. The summed E-state index contributed by atoms with van der Waals surface area (Å²) in [6.45, 7) is 3.99. The second-order valence-electron chi connectivity index (χ2n) is 4.96. The summed E-state index contributed by atoms with van der Waals surface area (Å²) in [6.07, 6.45) is 4.03. The first-order chi connectivity index (χ1) is 7.43. The highest BCUT2D eigenvalue weighted by molar-refractivity contribution is 9.10. The minimum Gasteiger partial charge on any atom is -0.325 e. The Morgan fingerprint density at radius 1 is 1.44 bits per heavy atom. The van der Waals surface area contributed by atoms with Gasteiger partial charge in [0.15, 0.2) is 0 Å². The van der Waals surface area contributed by atoms with Crippen LogP contribution in [0.4, 0.5) is 4.39 Å². The van der Waals surface area contributed by atoms with Crippen molar-refractivity contribution in [2.45, 2.75) is 45.1 Å². The molecule has 2 rings (SSSR count). The Morgan fingerprint density at radius 3 is 2.62 bits per heavy atom. The van der Waals surface area contributed by atoms with Crippen LogP contribution in [0.1, 0.15) is 36.0 Å². The summed E-state index contributed by atoms with van der Waals surface area (Å²) in [5, 5.41) is 0. The first-order valence-electron chi connectivity index (χ1n) is 5.66. The van der Waals surface area contributed by atoms with E-state index in [2.05, 4.69) is 15.9 Å². The third-order valence-electron chi connectivity index (χ3n) is 3.63. The van der Waals surface area contributed by atoms with Crippen molar-refractivity contribution in [1.82, 2.24) is 0 Å². The van der Waals surface area contributed by atoms with Gasteiger partial charge in [-0.15, -0.1) is 0 Å². The van der Waals surface area contributed by atoms with Gasteiger partial charge in [0.2, 0.25) is 0 Å². The molecule has 0 unspecified atom stereocenters. The molecule has 0 heterocycles. The van der Waals surface area contributed by atoms with Gasteiger partial charge in [-0.1, -0.05) is 0 Å². The highest BCUT2D eigenvalue weighted by atomic mass is 79.9. The summed E-state index contributed by atoms with van der Waals surface area (Å²) in [4.78, 5) is 0. The molecular weight excluding hydrogens is 269 g/mol. The van der Waals surface area contributed by atoms with Crippen molar-refractivity contribution in [3.05, 3.63) is 33.0 Å². The quantitative estimate of drug-likeness (QED) is 0.902. The van der Waals surface area contributed by atoms with Crippen LogP contribution in [-0.2, 0) is 6.42 Å². The molecule has 2 N–H and O–H groups in total. The molecule has 1 fully saturated rings. The van der Waals surface area contributed by atoms with Crippen molar-refractivity contribution in [3.63, 3.8) is 0 Å². The van der Waals surface area contributed by atoms with E-state index in [1.807, 2.05) is 13.8 Å². The zero-order chi connectivity index (χ0) is 11.9. The Kier molecular flexibility index (Phi) is 3.10. The number of nitrogens with two attached hydrogens (primary N) is 1. The van der Waals surface area contributed by atoms with Crippen LogP contribution in [0.15, 0.2) is 10.5 Å². The van der Waals surface area contributed by atoms with Crippen molar-refractivity contribution in [2.24, 2.45) is 5.73 Å². The maximum Gasteiger partial charge on any atom is 0.137 e. The highest BCUT2D eigenvalue weighted by Gasteiger charge is 2.37. The number of rotatable bonds is 3. The van der Waals surface area contributed by atoms with Crippen LogP contribution in [0, 0.1) is 19.7 Å². The summed E-state index contributed by atoms with van der Waals surface area (Å²) >= 11 is 3.34. The van der Waals surface area contributed by atoms with Gasteiger partial charge in [-0.05, 0) is 78.2 Å². The first kappa shape index (κ1) is 12.1. The predicted octanol–water partition coefficient (Wildman–Crippen LogP) is 3.63. The Hall–Kier alpha value is -0.410. The molecule has 0 aromatic heterocycles. The van der Waals surface area contributed by atoms with Crippen LogP contribution in [0.5, 0.6) is 0 Å². The van der Waals surface area contributed by atoms with Gasteiger partial charge in [0.1, 0.15) is 5.82 Å². The average Bonchev–Trinajstić information content (AvgIpc) is 2.94. The molecule has 0 radical (unpaired) electrons. The van der Waals surface area contributed by atoms with Crippen molar-refractivity contribution in [2.75, 3.05) is 0 Å². The highest BCUT2D eigenvalue weighted by Crippen LogP contribution is 2.38. The van der Waals surface area contributed by atoms with Gasteiger partial charge < -0.3 is 5.73 Å². The van der Waals surface area contributed by atoms with Gasteiger partial charge >= 0.3 is 0 Å². The number of hydrogen-bond donors (Lipinski definition) is 1. The molecule has 1 aliphatic rings. The molecule has 1 aromatic carbocycles. The molecule has 1 saturated carbocycles. The van der Waals surface area contributed by atoms with Gasteiger partial charge in [-0.3, -0.25) is 0 Å². The number of halogens is 2. The summed E-state index contributed by atoms with van der Waals surface area (Å²) in [5.74, 6) is -0.167. The van der Waals surface area contributed by atoms with E-state index in [0.29, 0.717) is 4.47 Å². The maximum absolute atomic E-state index is 13.6. The van der Waals surface area contributed by atoms with Crippen LogP contribution in [0.2, 0.25) is 0 Å². The van der Waals surface area contributed by atoms with Crippen LogP contribution >= 0.6 is 15.9 Å². The van der Waals surface area contributed by atoms with Crippen LogP contribution in [0.25, 0.3) is 0 Å². The summed E-state index contributed by atoms with van der Waals surface area (Å²) in [6, 6.07) is 1.58. The van der Waals surface area contributed by atoms with E-state index in [9.17, 15) is 4.39 Å². The van der Waals surface area contributed by atoms with E-state index < -0.39 is 0 Å². The van der Waals surface area contributed by atoms with E-state index >= 15 is 0 Å². The SMILES string of the molecule is Cc1cc(F)c(Br)c(CCC2(N)CC2)c1C. The van der Waals surface area contributed by atoms with Gasteiger partial charge in [0, 0.05) is 5.54 Å². The molecule has 0 aliphatic heterocycles. The lowest BCUT2D eigenvalue weighted by Crippen LogP contribution is -2.22. The van der Waals surface area contributed by atoms with E-state index in [1.165, 1.54) is 5.56 Å². The zero-order valence-electron chi connectivity index (χ0n) is 9.74. The molecule has 0 amide bonds. The van der Waals surface area contributed by atoms with Crippen LogP contribution in [0.3, 0.4) is 0 Å². The number of hydrogen-bond acceptors (Lipinski definition) is 1. The molecule has 1 aliphatic carbocycles. The Balaban J connectivity index is 2.24. The molecule has 1 nitrogen and oxygen atoms in total. The van der Waals surface area contributed by atoms with E-state index in [1.54, 1.807) is 6.07 Å². The summed E-state index contributed by atoms with van der Waals surface area (Å²) in [7, 11) is 0. The average molecular weight is 286 g/mol. The van der Waals surface area contributed by atoms with E-state index in [-0.39, 0.29) is 11.4 Å². The minimum atomic E-state index is -0.167. The number of benzene rings is 1. The van der Waals surface area contributed by atoms with Gasteiger partial charge in [-0.25, -0.2) is 4.39 Å². The molecule has 0 saturated heterocycles. The van der Waals surface area contributed by atoms with Crippen LogP contribution in [-0.4, -0.2) is 5.54 Å². The topological polar surface area (TPSA) is 26.0 Å². The monoisotopic (exact) mass is 285 g/mol. The Labute approximate surface area is 104 Å². The normalized spacial score (nSPS) is 17.6. The van der Waals surface area contributed by atoms with E-state index in [0.717, 1.165) is 36.8 Å². The van der Waals surface area contributed by atoms with Crippen molar-refractivity contribution in [1.29, 1.82) is 0 Å². The van der Waals surface area contributed by atoms with E-state index in [4.69, 9.17) is 5.73 Å². The maximum atomic E-state index is 13.6. The first-order valence-corrected chi connectivity index (χ1v) is 6.45. The summed E-state index contributed by atoms with van der Waals surface area (Å²) < 4.78 is 14.2. The van der Waals surface area contributed by atoms with Crippen molar-refractivity contribution in [3.8, 4) is 0 Å². The van der Waals surface area contributed by atoms with Crippen molar-refractivity contribution >= 4 is 15.9 Å². The van der Waals surface area contributed by atoms with Crippen molar-refractivity contribution < 1.29 is 4.39 Å². The lowest BCUT2D eigenvalue weighted by Gasteiger charge is -2.14. The van der Waals surface area contributed by atoms with Gasteiger partial charge in [0.25, 0.3) is 0 Å². The minimum absolute atomic E-state index is 0.0338. The largest absolute Gasteiger partial charge is 0.325 e. The Bertz CT molecular complexity index is 398. The second kappa shape index (κ2) is 4.11. The third-order valence-corrected chi connectivity index (χ3v) is 4.48. The van der Waals surface area contributed by atoms with Gasteiger partial charge in [-0.2, -0.15) is 0 Å². The second-order valence-corrected chi connectivity index (χ2v) is 5.75. The molecule has 0 spiro atoms. The fraction of sp³-hybridized carbons (Fsp3) is 0.538. The third kappa shape index (κ3) is 2.30. The Morgan fingerprint density at radius 2 is 2.06 bits per heavy atom. The van der Waals surface area contributed by atoms with Crippen LogP contribution < -0.4 is 5.73 Å². The fourth-order valence-electron chi connectivity index (χ4n) is 1.99. The number of aryl methyl sites for hydroxylation is 1. The molecule has 0 bridgehead atoms. The summed E-state index contributed by atoms with van der Waals surface area (Å²) in [5.41, 5.74) is 9.36. The zero-order valence-corrected chi connectivity index (χ0v) is 11.3. The molecule has 0 atom stereocenters. The fourth-order valence-corrected chi connectivity index (χ4v) is 2.60. The molecule has 3 heteroatoms. The standard InChI is InChI=1S/C13H17BrFN/c1-8-7-11(15)12(14)10(9(8)2)3-4-13(16)5-6-13/h7H,3-6,16H2,1-2H3. The van der Waals surface area contributed by atoms with Gasteiger partial charge in [0.05, 0.1) is 4.47 Å².